The predicted octanol–water partition coefficient (Wildman–Crippen LogP) is 3.95. The first-order valence-corrected chi connectivity index (χ1v) is 4.83. The molecule has 0 heterocycles. The van der Waals surface area contributed by atoms with Crippen molar-refractivity contribution in [2.75, 3.05) is 0 Å². The van der Waals surface area contributed by atoms with E-state index in [-0.39, 0.29) is 10.6 Å². The van der Waals surface area contributed by atoms with Crippen molar-refractivity contribution in [3.05, 3.63) is 34.1 Å². The molecule has 0 unspecified atom stereocenters. The van der Waals surface area contributed by atoms with Crippen molar-refractivity contribution in [3.8, 4) is 0 Å². The molecule has 1 rings (SSSR count). The molecule has 1 aromatic rings. The van der Waals surface area contributed by atoms with Gasteiger partial charge in [0.1, 0.15) is 5.82 Å². The molecule has 0 bridgehead atoms. The lowest BCUT2D eigenvalue weighted by Crippen LogP contribution is -2.09. The molecule has 0 radical (unpaired) electrons. The Morgan fingerprint density at radius 1 is 1.38 bits per heavy atom. The summed E-state index contributed by atoms with van der Waals surface area (Å²) in [5, 5.41) is 0.433. The fourth-order valence-corrected chi connectivity index (χ4v) is 1.76. The molecule has 0 aliphatic rings. The Kier molecular flexibility index (Phi) is 2.93. The zero-order valence-electron chi connectivity index (χ0n) is 7.86. The SMILES string of the molecule is Cc1cc(C(C)(C)S)c(Cl)cc1F. The third-order valence-electron chi connectivity index (χ3n) is 1.91. The minimum Gasteiger partial charge on any atom is -0.207 e. The van der Waals surface area contributed by atoms with E-state index in [1.165, 1.54) is 6.07 Å². The van der Waals surface area contributed by atoms with Crippen LogP contribution in [0.25, 0.3) is 0 Å². The molecule has 0 atom stereocenters. The van der Waals surface area contributed by atoms with Crippen molar-refractivity contribution in [2.45, 2.75) is 25.5 Å². The molecule has 0 aliphatic heterocycles. The van der Waals surface area contributed by atoms with Gasteiger partial charge in [-0.3, -0.25) is 0 Å². The zero-order chi connectivity index (χ0) is 10.2. The maximum Gasteiger partial charge on any atom is 0.127 e. The number of rotatable bonds is 1. The van der Waals surface area contributed by atoms with Gasteiger partial charge in [-0.2, -0.15) is 12.6 Å². The summed E-state index contributed by atoms with van der Waals surface area (Å²) in [5.74, 6) is -0.272. The largest absolute Gasteiger partial charge is 0.207 e. The van der Waals surface area contributed by atoms with E-state index in [0.29, 0.717) is 10.6 Å². The highest BCUT2D eigenvalue weighted by Crippen LogP contribution is 2.34. The molecule has 72 valence electrons. The van der Waals surface area contributed by atoms with Gasteiger partial charge in [0.15, 0.2) is 0 Å². The maximum atomic E-state index is 13.0. The van der Waals surface area contributed by atoms with Gasteiger partial charge >= 0.3 is 0 Å². The summed E-state index contributed by atoms with van der Waals surface area (Å²) in [4.78, 5) is 0. The third kappa shape index (κ3) is 2.38. The van der Waals surface area contributed by atoms with E-state index in [0.717, 1.165) is 5.56 Å². The van der Waals surface area contributed by atoms with Crippen LogP contribution in [-0.2, 0) is 4.75 Å². The van der Waals surface area contributed by atoms with Crippen LogP contribution in [0.1, 0.15) is 25.0 Å². The van der Waals surface area contributed by atoms with Gasteiger partial charge in [0.05, 0.1) is 0 Å². The number of benzene rings is 1. The maximum absolute atomic E-state index is 13.0. The van der Waals surface area contributed by atoms with Crippen molar-refractivity contribution in [1.82, 2.24) is 0 Å². The summed E-state index contributed by atoms with van der Waals surface area (Å²) in [7, 11) is 0. The van der Waals surface area contributed by atoms with Crippen LogP contribution in [0, 0.1) is 12.7 Å². The van der Waals surface area contributed by atoms with Gasteiger partial charge in [-0.05, 0) is 38.0 Å². The Balaban J connectivity index is 3.32. The number of hydrogen-bond donors (Lipinski definition) is 1. The highest BCUT2D eigenvalue weighted by atomic mass is 35.5. The van der Waals surface area contributed by atoms with Crippen LogP contribution in [-0.4, -0.2) is 0 Å². The average Bonchev–Trinajstić information content (AvgIpc) is 1.94. The molecule has 13 heavy (non-hydrogen) atoms. The van der Waals surface area contributed by atoms with Crippen molar-refractivity contribution < 1.29 is 4.39 Å². The van der Waals surface area contributed by atoms with E-state index in [1.807, 2.05) is 13.8 Å². The van der Waals surface area contributed by atoms with Gasteiger partial charge in [-0.15, -0.1) is 0 Å². The molecule has 0 saturated heterocycles. The van der Waals surface area contributed by atoms with Crippen LogP contribution in [0.15, 0.2) is 12.1 Å². The van der Waals surface area contributed by atoms with Crippen LogP contribution >= 0.6 is 24.2 Å². The fraction of sp³-hybridized carbons (Fsp3) is 0.400. The minimum absolute atomic E-state index is 0.272. The van der Waals surface area contributed by atoms with E-state index >= 15 is 0 Å². The molecule has 1 aromatic carbocycles. The lowest BCUT2D eigenvalue weighted by atomic mass is 10.00. The van der Waals surface area contributed by atoms with Gasteiger partial charge in [0.25, 0.3) is 0 Å². The monoisotopic (exact) mass is 218 g/mol. The zero-order valence-corrected chi connectivity index (χ0v) is 9.51. The molecule has 0 N–H and O–H groups in total. The van der Waals surface area contributed by atoms with Crippen LogP contribution in [0.5, 0.6) is 0 Å². The Hall–Kier alpha value is -0.210. The van der Waals surface area contributed by atoms with Crippen LogP contribution in [0.3, 0.4) is 0 Å². The summed E-state index contributed by atoms with van der Waals surface area (Å²) >= 11 is 10.3. The first-order valence-electron chi connectivity index (χ1n) is 4.01. The van der Waals surface area contributed by atoms with E-state index in [4.69, 9.17) is 11.6 Å². The van der Waals surface area contributed by atoms with E-state index in [9.17, 15) is 4.39 Å². The van der Waals surface area contributed by atoms with Crippen LogP contribution < -0.4 is 0 Å². The van der Waals surface area contributed by atoms with E-state index in [1.54, 1.807) is 13.0 Å². The highest BCUT2D eigenvalue weighted by molar-refractivity contribution is 7.81. The molecule has 0 spiro atoms. The van der Waals surface area contributed by atoms with Crippen molar-refractivity contribution in [3.63, 3.8) is 0 Å². The van der Waals surface area contributed by atoms with E-state index in [2.05, 4.69) is 12.6 Å². The quantitative estimate of drug-likeness (QED) is 0.678. The first kappa shape index (κ1) is 10.9. The lowest BCUT2D eigenvalue weighted by Gasteiger charge is -2.20. The summed E-state index contributed by atoms with van der Waals surface area (Å²) in [6.45, 7) is 5.57. The number of halogens is 2. The fourth-order valence-electron chi connectivity index (χ4n) is 1.13. The first-order chi connectivity index (χ1) is 5.82. The molecular weight excluding hydrogens is 207 g/mol. The summed E-state index contributed by atoms with van der Waals surface area (Å²) in [5.41, 5.74) is 1.46. The summed E-state index contributed by atoms with van der Waals surface area (Å²) in [6.07, 6.45) is 0. The van der Waals surface area contributed by atoms with Crippen LogP contribution in [0.4, 0.5) is 4.39 Å². The number of thiol groups is 1. The Morgan fingerprint density at radius 3 is 2.38 bits per heavy atom. The average molecular weight is 219 g/mol. The highest BCUT2D eigenvalue weighted by Gasteiger charge is 2.19. The van der Waals surface area contributed by atoms with Crippen LogP contribution in [0.2, 0.25) is 5.02 Å². The van der Waals surface area contributed by atoms with Gasteiger partial charge in [-0.25, -0.2) is 4.39 Å². The molecule has 0 nitrogen and oxygen atoms in total. The van der Waals surface area contributed by atoms with Gasteiger partial charge in [0.2, 0.25) is 0 Å². The van der Waals surface area contributed by atoms with Gasteiger partial charge in [-0.1, -0.05) is 17.7 Å². The second-order valence-electron chi connectivity index (χ2n) is 3.64. The van der Waals surface area contributed by atoms with Gasteiger partial charge < -0.3 is 0 Å². The molecule has 0 fully saturated rings. The second kappa shape index (κ2) is 3.50. The molecular formula is C10H12ClFS. The summed E-state index contributed by atoms with van der Waals surface area (Å²) < 4.78 is 12.7. The summed E-state index contributed by atoms with van der Waals surface area (Å²) in [6, 6.07) is 3.08. The minimum atomic E-state index is -0.338. The van der Waals surface area contributed by atoms with Crippen molar-refractivity contribution in [2.24, 2.45) is 0 Å². The van der Waals surface area contributed by atoms with E-state index < -0.39 is 0 Å². The number of hydrogen-bond acceptors (Lipinski definition) is 1. The van der Waals surface area contributed by atoms with Crippen molar-refractivity contribution in [1.29, 1.82) is 0 Å². The topological polar surface area (TPSA) is 0 Å². The molecule has 0 aromatic heterocycles. The smallest absolute Gasteiger partial charge is 0.127 e. The standard InChI is InChI=1S/C10H12ClFS/c1-6-4-7(10(2,3)13)8(11)5-9(6)12/h4-5,13H,1-3H3. The molecule has 0 aliphatic carbocycles. The molecule has 0 amide bonds. The molecule has 0 saturated carbocycles. The van der Waals surface area contributed by atoms with Crippen molar-refractivity contribution >= 4 is 24.2 Å². The lowest BCUT2D eigenvalue weighted by molar-refractivity contribution is 0.616. The second-order valence-corrected chi connectivity index (χ2v) is 5.17. The Morgan fingerprint density at radius 2 is 1.92 bits per heavy atom. The Labute approximate surface area is 88.5 Å². The Bertz CT molecular complexity index is 328. The van der Waals surface area contributed by atoms with Gasteiger partial charge in [0, 0.05) is 9.77 Å². The normalized spacial score (nSPS) is 11.8. The number of aryl methyl sites for hydroxylation is 1. The predicted molar refractivity (Wildman–Crippen MR) is 58.2 cm³/mol. The molecule has 3 heteroatoms. The third-order valence-corrected chi connectivity index (χ3v) is 2.46.